The van der Waals surface area contributed by atoms with Gasteiger partial charge in [0.2, 0.25) is 0 Å². The highest BCUT2D eigenvalue weighted by Gasteiger charge is 2.20. The maximum Gasteiger partial charge on any atom is 0.308 e. The predicted octanol–water partition coefficient (Wildman–Crippen LogP) is 3.47. The molecule has 0 bridgehead atoms. The summed E-state index contributed by atoms with van der Waals surface area (Å²) in [5, 5.41) is 13.5. The van der Waals surface area contributed by atoms with Crippen molar-refractivity contribution in [1.29, 1.82) is 0 Å². The molecule has 0 aromatic carbocycles. The van der Waals surface area contributed by atoms with Crippen LogP contribution in [-0.2, 0) is 4.79 Å². The minimum atomic E-state index is -0.764. The topological polar surface area (TPSA) is 75.1 Å². The Hall–Kier alpha value is -1.69. The van der Waals surface area contributed by atoms with Crippen molar-refractivity contribution in [2.45, 2.75) is 34.1 Å². The number of fused-ring (bicyclic) bond motifs is 1. The molecule has 0 radical (unpaired) electrons. The number of hydrogen-bond donors (Lipinski definition) is 2. The smallest absolute Gasteiger partial charge is 0.308 e. The second-order valence-corrected chi connectivity index (χ2v) is 6.93. The standard InChI is InChI=1S/C15H21N3O2S/c1-8(2)5-11(15(19)20)6-16-13-12-9(3)10(4)21-14(12)18-7-17-13/h7-8,11H,5-6H2,1-4H3,(H,19,20)(H,16,17,18). The van der Waals surface area contributed by atoms with Gasteiger partial charge in [0.15, 0.2) is 0 Å². The third-order valence-corrected chi connectivity index (χ3v) is 4.70. The average Bonchev–Trinajstić information content (AvgIpc) is 2.70. The minimum absolute atomic E-state index is 0.350. The lowest BCUT2D eigenvalue weighted by Gasteiger charge is -2.16. The summed E-state index contributed by atoms with van der Waals surface area (Å²) in [5.74, 6) is -0.0879. The zero-order valence-electron chi connectivity index (χ0n) is 12.8. The van der Waals surface area contributed by atoms with Crippen molar-refractivity contribution in [3.05, 3.63) is 16.8 Å². The number of nitrogens with zero attached hydrogens (tertiary/aromatic N) is 2. The van der Waals surface area contributed by atoms with Gasteiger partial charge in [0, 0.05) is 11.4 Å². The third-order valence-electron chi connectivity index (χ3n) is 3.59. The first kappa shape index (κ1) is 15.7. The molecular weight excluding hydrogens is 286 g/mol. The highest BCUT2D eigenvalue weighted by Crippen LogP contribution is 2.32. The summed E-state index contributed by atoms with van der Waals surface area (Å²) in [5.41, 5.74) is 1.16. The monoisotopic (exact) mass is 307 g/mol. The van der Waals surface area contributed by atoms with E-state index in [1.165, 1.54) is 11.2 Å². The first-order valence-electron chi connectivity index (χ1n) is 7.07. The second kappa shape index (κ2) is 6.39. The molecule has 2 aromatic heterocycles. The van der Waals surface area contributed by atoms with Crippen LogP contribution in [0, 0.1) is 25.7 Å². The first-order chi connectivity index (χ1) is 9.90. The van der Waals surface area contributed by atoms with Crippen molar-refractivity contribution in [3.8, 4) is 0 Å². The molecule has 5 nitrogen and oxygen atoms in total. The van der Waals surface area contributed by atoms with E-state index >= 15 is 0 Å². The third kappa shape index (κ3) is 3.50. The maximum atomic E-state index is 11.3. The van der Waals surface area contributed by atoms with E-state index in [1.54, 1.807) is 11.3 Å². The largest absolute Gasteiger partial charge is 0.481 e. The molecule has 0 aliphatic carbocycles. The zero-order chi connectivity index (χ0) is 15.6. The number of carboxylic acids is 1. The van der Waals surface area contributed by atoms with Gasteiger partial charge in [0.05, 0.1) is 11.3 Å². The number of anilines is 1. The molecule has 0 aliphatic heterocycles. The number of carbonyl (C=O) groups is 1. The van der Waals surface area contributed by atoms with Crippen molar-refractivity contribution in [3.63, 3.8) is 0 Å². The van der Waals surface area contributed by atoms with Crippen LogP contribution in [0.5, 0.6) is 0 Å². The molecule has 0 spiro atoms. The fourth-order valence-electron chi connectivity index (χ4n) is 2.38. The Balaban J connectivity index is 2.21. The van der Waals surface area contributed by atoms with Crippen molar-refractivity contribution < 1.29 is 9.90 Å². The van der Waals surface area contributed by atoms with Crippen LogP contribution in [0.2, 0.25) is 0 Å². The molecule has 2 aromatic rings. The molecule has 2 heterocycles. The molecule has 2 rings (SSSR count). The molecule has 0 fully saturated rings. The number of rotatable bonds is 6. The van der Waals surface area contributed by atoms with Crippen LogP contribution in [0.4, 0.5) is 5.82 Å². The summed E-state index contributed by atoms with van der Waals surface area (Å²) in [6, 6.07) is 0. The number of aromatic nitrogens is 2. The Bertz CT molecular complexity index is 652. The van der Waals surface area contributed by atoms with Gasteiger partial charge in [-0.1, -0.05) is 13.8 Å². The van der Waals surface area contributed by atoms with Gasteiger partial charge >= 0.3 is 5.97 Å². The molecule has 1 unspecified atom stereocenters. The molecule has 0 amide bonds. The number of hydrogen-bond acceptors (Lipinski definition) is 5. The molecule has 0 aliphatic rings. The number of aryl methyl sites for hydroxylation is 2. The van der Waals surface area contributed by atoms with Crippen LogP contribution in [0.3, 0.4) is 0 Å². The Labute approximate surface area is 128 Å². The number of aliphatic carboxylic acids is 1. The van der Waals surface area contributed by atoms with Gasteiger partial charge in [-0.05, 0) is 31.7 Å². The summed E-state index contributed by atoms with van der Waals surface area (Å²) < 4.78 is 0. The Morgan fingerprint density at radius 3 is 2.71 bits per heavy atom. The summed E-state index contributed by atoms with van der Waals surface area (Å²) in [4.78, 5) is 22.0. The van der Waals surface area contributed by atoms with E-state index in [0.29, 0.717) is 18.9 Å². The van der Waals surface area contributed by atoms with Crippen molar-refractivity contribution in [1.82, 2.24) is 9.97 Å². The summed E-state index contributed by atoms with van der Waals surface area (Å²) in [7, 11) is 0. The van der Waals surface area contributed by atoms with Crippen molar-refractivity contribution >= 4 is 33.3 Å². The fourth-order valence-corrected chi connectivity index (χ4v) is 3.37. The Morgan fingerprint density at radius 2 is 2.10 bits per heavy atom. The summed E-state index contributed by atoms with van der Waals surface area (Å²) >= 11 is 1.64. The zero-order valence-corrected chi connectivity index (χ0v) is 13.6. The molecule has 6 heteroatoms. The molecule has 21 heavy (non-hydrogen) atoms. The lowest BCUT2D eigenvalue weighted by atomic mass is 9.97. The first-order valence-corrected chi connectivity index (χ1v) is 7.89. The number of thiophene rings is 1. The van der Waals surface area contributed by atoms with Crippen LogP contribution >= 0.6 is 11.3 Å². The van der Waals surface area contributed by atoms with E-state index < -0.39 is 11.9 Å². The Kier molecular flexibility index (Phi) is 4.77. The SMILES string of the molecule is Cc1sc2ncnc(NCC(CC(C)C)C(=O)O)c2c1C. The van der Waals surface area contributed by atoms with E-state index in [0.717, 1.165) is 21.6 Å². The van der Waals surface area contributed by atoms with Gasteiger partial charge in [-0.25, -0.2) is 9.97 Å². The van der Waals surface area contributed by atoms with Gasteiger partial charge in [-0.3, -0.25) is 4.79 Å². The molecule has 2 N–H and O–H groups in total. The van der Waals surface area contributed by atoms with E-state index in [2.05, 4.69) is 22.2 Å². The van der Waals surface area contributed by atoms with Gasteiger partial charge in [-0.15, -0.1) is 11.3 Å². The quantitative estimate of drug-likeness (QED) is 0.854. The van der Waals surface area contributed by atoms with Gasteiger partial charge in [0.1, 0.15) is 17.0 Å². The van der Waals surface area contributed by atoms with E-state index in [4.69, 9.17) is 0 Å². The lowest BCUT2D eigenvalue weighted by Crippen LogP contribution is -2.24. The maximum absolute atomic E-state index is 11.3. The second-order valence-electron chi connectivity index (χ2n) is 5.73. The van der Waals surface area contributed by atoms with Crippen LogP contribution in [0.15, 0.2) is 6.33 Å². The molecule has 1 atom stereocenters. The fraction of sp³-hybridized carbons (Fsp3) is 0.533. The summed E-state index contributed by atoms with van der Waals surface area (Å²) in [6.45, 7) is 8.56. The van der Waals surface area contributed by atoms with Crippen LogP contribution < -0.4 is 5.32 Å². The van der Waals surface area contributed by atoms with Crippen molar-refractivity contribution in [2.75, 3.05) is 11.9 Å². The van der Waals surface area contributed by atoms with Crippen LogP contribution in [0.1, 0.15) is 30.7 Å². The highest BCUT2D eigenvalue weighted by molar-refractivity contribution is 7.18. The minimum Gasteiger partial charge on any atom is -0.481 e. The van der Waals surface area contributed by atoms with E-state index in [9.17, 15) is 9.90 Å². The molecule has 0 saturated carbocycles. The van der Waals surface area contributed by atoms with Gasteiger partial charge in [0.25, 0.3) is 0 Å². The van der Waals surface area contributed by atoms with Gasteiger partial charge < -0.3 is 10.4 Å². The van der Waals surface area contributed by atoms with E-state index in [1.807, 2.05) is 20.8 Å². The average molecular weight is 307 g/mol. The molecular formula is C15H21N3O2S. The van der Waals surface area contributed by atoms with Crippen LogP contribution in [0.25, 0.3) is 10.2 Å². The normalized spacial score (nSPS) is 12.8. The molecule has 0 saturated heterocycles. The number of carboxylic acid groups (broad SMARTS) is 1. The lowest BCUT2D eigenvalue weighted by molar-refractivity contribution is -0.141. The number of nitrogens with one attached hydrogen (secondary N) is 1. The van der Waals surface area contributed by atoms with Crippen molar-refractivity contribution in [2.24, 2.45) is 11.8 Å². The summed E-state index contributed by atoms with van der Waals surface area (Å²) in [6.07, 6.45) is 2.18. The van der Waals surface area contributed by atoms with E-state index in [-0.39, 0.29) is 0 Å². The Morgan fingerprint density at radius 1 is 1.38 bits per heavy atom. The highest BCUT2D eigenvalue weighted by atomic mass is 32.1. The van der Waals surface area contributed by atoms with Crippen LogP contribution in [-0.4, -0.2) is 27.6 Å². The molecule has 114 valence electrons. The van der Waals surface area contributed by atoms with Gasteiger partial charge in [-0.2, -0.15) is 0 Å². The predicted molar refractivity (Wildman–Crippen MR) is 86.0 cm³/mol.